The Balaban J connectivity index is 1.92. The van der Waals surface area contributed by atoms with E-state index in [0.717, 1.165) is 5.56 Å². The van der Waals surface area contributed by atoms with Gasteiger partial charge in [-0.15, -0.1) is 0 Å². The Morgan fingerprint density at radius 1 is 1.09 bits per heavy atom. The second-order valence-electron chi connectivity index (χ2n) is 4.58. The zero-order chi connectivity index (χ0) is 15.9. The van der Waals surface area contributed by atoms with Gasteiger partial charge in [0.05, 0.1) is 5.56 Å². The number of primary amides is 1. The molecule has 0 atom stereocenters. The molecule has 0 aliphatic rings. The molecular formula is C16H15FN2O3. The lowest BCUT2D eigenvalue weighted by Gasteiger charge is -2.07. The number of carbonyl (C=O) groups excluding carboxylic acids is 2. The monoisotopic (exact) mass is 302 g/mol. The molecule has 114 valence electrons. The van der Waals surface area contributed by atoms with E-state index in [9.17, 15) is 14.0 Å². The molecule has 0 aliphatic heterocycles. The number of hydrogen-bond acceptors (Lipinski definition) is 3. The number of benzene rings is 2. The first kappa shape index (κ1) is 15.5. The maximum absolute atomic E-state index is 13.4. The third-order valence-corrected chi connectivity index (χ3v) is 2.97. The minimum atomic E-state index is -0.617. The van der Waals surface area contributed by atoms with Gasteiger partial charge in [-0.3, -0.25) is 0 Å². The summed E-state index contributed by atoms with van der Waals surface area (Å²) in [4.78, 5) is 22.5. The number of esters is 1. The van der Waals surface area contributed by atoms with E-state index >= 15 is 0 Å². The molecule has 2 rings (SSSR count). The van der Waals surface area contributed by atoms with Gasteiger partial charge in [-0.1, -0.05) is 30.3 Å². The fraction of sp³-hybridized carbons (Fsp3) is 0.125. The largest absolute Gasteiger partial charge is 0.457 e. The van der Waals surface area contributed by atoms with Gasteiger partial charge >= 0.3 is 12.0 Å². The highest BCUT2D eigenvalue weighted by Gasteiger charge is 2.09. The van der Waals surface area contributed by atoms with Crippen molar-refractivity contribution < 1.29 is 18.7 Å². The fourth-order valence-corrected chi connectivity index (χ4v) is 1.79. The summed E-state index contributed by atoms with van der Waals surface area (Å²) in [5, 5.41) is 2.44. The summed E-state index contributed by atoms with van der Waals surface area (Å²) in [5.41, 5.74) is 6.43. The van der Waals surface area contributed by atoms with Gasteiger partial charge < -0.3 is 15.8 Å². The molecule has 0 aliphatic carbocycles. The van der Waals surface area contributed by atoms with Gasteiger partial charge in [0.25, 0.3) is 0 Å². The number of rotatable bonds is 5. The molecule has 0 fully saturated rings. The summed E-state index contributed by atoms with van der Waals surface area (Å²) in [7, 11) is 0. The SMILES string of the molecule is NC(=O)NCc1ccc(C(=O)OCc2ccccc2F)cc1. The molecule has 2 aromatic carbocycles. The van der Waals surface area contributed by atoms with Crippen molar-refractivity contribution in [3.05, 3.63) is 71.0 Å². The molecule has 0 saturated heterocycles. The molecule has 2 amide bonds. The van der Waals surface area contributed by atoms with Crippen molar-refractivity contribution in [2.75, 3.05) is 0 Å². The Morgan fingerprint density at radius 2 is 1.77 bits per heavy atom. The number of urea groups is 1. The van der Waals surface area contributed by atoms with Crippen molar-refractivity contribution >= 4 is 12.0 Å². The maximum Gasteiger partial charge on any atom is 0.338 e. The molecule has 0 unspecified atom stereocenters. The molecule has 6 heteroatoms. The molecule has 22 heavy (non-hydrogen) atoms. The van der Waals surface area contributed by atoms with E-state index < -0.39 is 17.8 Å². The number of nitrogens with two attached hydrogens (primary N) is 1. The summed E-state index contributed by atoms with van der Waals surface area (Å²) in [6.07, 6.45) is 0. The molecule has 2 aromatic rings. The van der Waals surface area contributed by atoms with Crippen LogP contribution >= 0.6 is 0 Å². The second-order valence-corrected chi connectivity index (χ2v) is 4.58. The Hall–Kier alpha value is -2.89. The van der Waals surface area contributed by atoms with Crippen LogP contribution in [0.25, 0.3) is 0 Å². The lowest BCUT2D eigenvalue weighted by molar-refractivity contribution is 0.0469. The minimum absolute atomic E-state index is 0.128. The predicted octanol–water partition coefficient (Wildman–Crippen LogP) is 2.35. The number of amides is 2. The number of ether oxygens (including phenoxy) is 1. The molecule has 0 spiro atoms. The molecule has 0 heterocycles. The van der Waals surface area contributed by atoms with E-state index in [4.69, 9.17) is 10.5 Å². The molecule has 0 radical (unpaired) electrons. The van der Waals surface area contributed by atoms with Crippen LogP contribution in [0.2, 0.25) is 0 Å². The number of halogens is 1. The van der Waals surface area contributed by atoms with Crippen LogP contribution < -0.4 is 11.1 Å². The predicted molar refractivity (Wildman–Crippen MR) is 78.4 cm³/mol. The van der Waals surface area contributed by atoms with E-state index in [0.29, 0.717) is 11.1 Å². The average Bonchev–Trinajstić information content (AvgIpc) is 2.52. The highest BCUT2D eigenvalue weighted by Crippen LogP contribution is 2.11. The first-order chi connectivity index (χ1) is 10.6. The van der Waals surface area contributed by atoms with Gasteiger partial charge in [0, 0.05) is 12.1 Å². The molecule has 5 nitrogen and oxygen atoms in total. The van der Waals surface area contributed by atoms with E-state index in [1.54, 1.807) is 42.5 Å². The van der Waals surface area contributed by atoms with Crippen LogP contribution in [-0.2, 0) is 17.9 Å². The van der Waals surface area contributed by atoms with Crippen LogP contribution in [0, 0.1) is 5.82 Å². The molecular weight excluding hydrogens is 287 g/mol. The summed E-state index contributed by atoms with van der Waals surface area (Å²) >= 11 is 0. The zero-order valence-corrected chi connectivity index (χ0v) is 11.7. The van der Waals surface area contributed by atoms with Gasteiger partial charge in [-0.2, -0.15) is 0 Å². The van der Waals surface area contributed by atoms with Crippen molar-refractivity contribution in [3.63, 3.8) is 0 Å². The Morgan fingerprint density at radius 3 is 2.41 bits per heavy atom. The first-order valence-electron chi connectivity index (χ1n) is 6.59. The van der Waals surface area contributed by atoms with Crippen LogP contribution in [-0.4, -0.2) is 12.0 Å². The van der Waals surface area contributed by atoms with Gasteiger partial charge in [0.15, 0.2) is 0 Å². The Labute approximate surface area is 126 Å². The van der Waals surface area contributed by atoms with Crippen molar-refractivity contribution in [2.45, 2.75) is 13.2 Å². The van der Waals surface area contributed by atoms with Gasteiger partial charge in [0.2, 0.25) is 0 Å². The third kappa shape index (κ3) is 4.31. The van der Waals surface area contributed by atoms with Crippen molar-refractivity contribution in [3.8, 4) is 0 Å². The summed E-state index contributed by atoms with van der Waals surface area (Å²) in [6, 6.07) is 12.0. The zero-order valence-electron chi connectivity index (χ0n) is 11.7. The quantitative estimate of drug-likeness (QED) is 0.832. The first-order valence-corrected chi connectivity index (χ1v) is 6.59. The number of carbonyl (C=O) groups is 2. The third-order valence-electron chi connectivity index (χ3n) is 2.97. The van der Waals surface area contributed by atoms with E-state index in [2.05, 4.69) is 5.32 Å². The highest BCUT2D eigenvalue weighted by molar-refractivity contribution is 5.89. The molecule has 0 bridgehead atoms. The number of hydrogen-bond donors (Lipinski definition) is 2. The van der Waals surface area contributed by atoms with E-state index in [1.807, 2.05) is 0 Å². The maximum atomic E-state index is 13.4. The molecule has 3 N–H and O–H groups in total. The van der Waals surface area contributed by atoms with Crippen LogP contribution in [0.1, 0.15) is 21.5 Å². The van der Waals surface area contributed by atoms with Crippen LogP contribution in [0.3, 0.4) is 0 Å². The smallest absolute Gasteiger partial charge is 0.338 e. The van der Waals surface area contributed by atoms with E-state index in [1.165, 1.54) is 6.07 Å². The van der Waals surface area contributed by atoms with Crippen molar-refractivity contribution in [2.24, 2.45) is 5.73 Å². The normalized spacial score (nSPS) is 10.0. The van der Waals surface area contributed by atoms with Gasteiger partial charge in [-0.05, 0) is 23.8 Å². The van der Waals surface area contributed by atoms with E-state index in [-0.39, 0.29) is 13.2 Å². The number of nitrogens with one attached hydrogen (secondary N) is 1. The van der Waals surface area contributed by atoms with Gasteiger partial charge in [-0.25, -0.2) is 14.0 Å². The summed E-state index contributed by atoms with van der Waals surface area (Å²) in [5.74, 6) is -0.958. The average molecular weight is 302 g/mol. The van der Waals surface area contributed by atoms with Crippen molar-refractivity contribution in [1.29, 1.82) is 0 Å². The lowest BCUT2D eigenvalue weighted by atomic mass is 10.1. The van der Waals surface area contributed by atoms with Crippen molar-refractivity contribution in [1.82, 2.24) is 5.32 Å². The highest BCUT2D eigenvalue weighted by atomic mass is 19.1. The Kier molecular flexibility index (Phi) is 5.08. The van der Waals surface area contributed by atoms with Crippen LogP contribution in [0.4, 0.5) is 9.18 Å². The summed E-state index contributed by atoms with van der Waals surface area (Å²) < 4.78 is 18.5. The second kappa shape index (κ2) is 7.21. The minimum Gasteiger partial charge on any atom is -0.457 e. The Bertz CT molecular complexity index is 671. The standard InChI is InChI=1S/C16H15FN2O3/c17-14-4-2-1-3-13(14)10-22-15(20)12-7-5-11(6-8-12)9-19-16(18)21/h1-8H,9-10H2,(H3,18,19,21). The van der Waals surface area contributed by atoms with Crippen LogP contribution in [0.5, 0.6) is 0 Å². The summed E-state index contributed by atoms with van der Waals surface area (Å²) in [6.45, 7) is 0.149. The molecule has 0 aromatic heterocycles. The molecule has 0 saturated carbocycles. The van der Waals surface area contributed by atoms with Crippen LogP contribution in [0.15, 0.2) is 48.5 Å². The van der Waals surface area contributed by atoms with Gasteiger partial charge in [0.1, 0.15) is 12.4 Å². The topological polar surface area (TPSA) is 81.4 Å². The fourth-order valence-electron chi connectivity index (χ4n) is 1.79. The lowest BCUT2D eigenvalue weighted by Crippen LogP contribution is -2.28.